The molecule has 0 fully saturated rings. The molecule has 2 heterocycles. The molecule has 0 amide bonds. The van der Waals surface area contributed by atoms with Crippen LogP contribution in [-0.2, 0) is 0 Å². The summed E-state index contributed by atoms with van der Waals surface area (Å²) in [5.41, 5.74) is 0.638. The highest BCUT2D eigenvalue weighted by Crippen LogP contribution is 2.08. The highest BCUT2D eigenvalue weighted by atomic mass is 16.4. The number of aromatic carboxylic acids is 1. The molecule has 0 bridgehead atoms. The Morgan fingerprint density at radius 1 is 1.53 bits per heavy atom. The lowest BCUT2D eigenvalue weighted by Crippen LogP contribution is -2.42. The van der Waals surface area contributed by atoms with Gasteiger partial charge in [0.1, 0.15) is 0 Å². The summed E-state index contributed by atoms with van der Waals surface area (Å²) in [6.07, 6.45) is 2.29. The molecule has 7 heteroatoms. The van der Waals surface area contributed by atoms with E-state index >= 15 is 0 Å². The predicted octanol–water partition coefficient (Wildman–Crippen LogP) is -0.488. The van der Waals surface area contributed by atoms with Gasteiger partial charge in [-0.2, -0.15) is 0 Å². The van der Waals surface area contributed by atoms with Gasteiger partial charge < -0.3 is 20.8 Å². The molecule has 1 aromatic rings. The second kappa shape index (κ2) is 4.79. The van der Waals surface area contributed by atoms with E-state index in [9.17, 15) is 9.90 Å². The minimum absolute atomic E-state index is 0.103. The fourth-order valence-electron chi connectivity index (χ4n) is 1.38. The summed E-state index contributed by atoms with van der Waals surface area (Å²) >= 11 is 0. The van der Waals surface area contributed by atoms with Gasteiger partial charge in [-0.3, -0.25) is 9.98 Å². The number of anilines is 1. The topological polar surface area (TPSA) is 107 Å². The van der Waals surface area contributed by atoms with Gasteiger partial charge in [0.05, 0.1) is 30.1 Å². The van der Waals surface area contributed by atoms with Crippen molar-refractivity contribution < 1.29 is 15.0 Å². The number of nitrogens with zero attached hydrogens (tertiary/aromatic N) is 2. The Bertz CT molecular complexity index is 461. The van der Waals surface area contributed by atoms with Gasteiger partial charge in [-0.1, -0.05) is 0 Å². The molecule has 7 nitrogen and oxygen atoms in total. The first-order valence-electron chi connectivity index (χ1n) is 5.07. The molecular formula is C10H12N4O3. The van der Waals surface area contributed by atoms with Crippen LogP contribution >= 0.6 is 0 Å². The average Bonchev–Trinajstić information content (AvgIpc) is 2.32. The summed E-state index contributed by atoms with van der Waals surface area (Å²) in [5, 5.41) is 23.8. The molecule has 0 radical (unpaired) electrons. The monoisotopic (exact) mass is 236 g/mol. The molecule has 17 heavy (non-hydrogen) atoms. The van der Waals surface area contributed by atoms with E-state index in [1.54, 1.807) is 0 Å². The minimum atomic E-state index is -1.03. The molecule has 1 aromatic heterocycles. The van der Waals surface area contributed by atoms with Crippen LogP contribution < -0.4 is 10.6 Å². The summed E-state index contributed by atoms with van der Waals surface area (Å²) in [5.74, 6) is -0.533. The van der Waals surface area contributed by atoms with Crippen molar-refractivity contribution >= 4 is 17.6 Å². The summed E-state index contributed by atoms with van der Waals surface area (Å²) < 4.78 is 0. The molecule has 0 aromatic carbocycles. The molecule has 1 unspecified atom stereocenters. The first kappa shape index (κ1) is 11.3. The minimum Gasteiger partial charge on any atom is -0.478 e. The third-order valence-corrected chi connectivity index (χ3v) is 2.21. The summed E-state index contributed by atoms with van der Waals surface area (Å²) in [6, 6.07) is 1.46. The van der Waals surface area contributed by atoms with Crippen LogP contribution in [0.15, 0.2) is 23.5 Å². The number of hydrogen-bond donors (Lipinski definition) is 4. The zero-order valence-corrected chi connectivity index (χ0v) is 8.92. The number of aromatic nitrogens is 1. The number of aliphatic imine (C=N–C) groups is 1. The molecule has 0 aliphatic carbocycles. The number of pyridine rings is 1. The largest absolute Gasteiger partial charge is 0.478 e. The van der Waals surface area contributed by atoms with Gasteiger partial charge in [-0.15, -0.1) is 0 Å². The smallest absolute Gasteiger partial charge is 0.337 e. The van der Waals surface area contributed by atoms with Crippen molar-refractivity contribution in [2.24, 2.45) is 4.99 Å². The molecule has 2 rings (SSSR count). The van der Waals surface area contributed by atoms with Crippen LogP contribution in [0.2, 0.25) is 0 Å². The molecule has 90 valence electrons. The van der Waals surface area contributed by atoms with Crippen molar-refractivity contribution in [3.63, 3.8) is 0 Å². The Morgan fingerprint density at radius 2 is 2.35 bits per heavy atom. The average molecular weight is 236 g/mol. The zero-order chi connectivity index (χ0) is 12.3. The Hall–Kier alpha value is -2.15. The van der Waals surface area contributed by atoms with Crippen molar-refractivity contribution in [3.8, 4) is 0 Å². The molecule has 1 aliphatic rings. The van der Waals surface area contributed by atoms with Gasteiger partial charge in [0.25, 0.3) is 0 Å². The number of carboxylic acids is 1. The Kier molecular flexibility index (Phi) is 3.20. The van der Waals surface area contributed by atoms with Crippen LogP contribution in [0, 0.1) is 0 Å². The van der Waals surface area contributed by atoms with E-state index in [4.69, 9.17) is 5.11 Å². The number of carbonyl (C=O) groups is 1. The van der Waals surface area contributed by atoms with Crippen molar-refractivity contribution in [3.05, 3.63) is 24.0 Å². The molecule has 1 aliphatic heterocycles. The second-order valence-electron chi connectivity index (χ2n) is 3.62. The molecule has 0 spiro atoms. The van der Waals surface area contributed by atoms with Crippen molar-refractivity contribution in [1.82, 2.24) is 10.3 Å². The lowest BCUT2D eigenvalue weighted by atomic mass is 10.2. The van der Waals surface area contributed by atoms with E-state index in [-0.39, 0.29) is 5.56 Å². The first-order chi connectivity index (χ1) is 8.15. The summed E-state index contributed by atoms with van der Waals surface area (Å²) in [6.45, 7) is 0.735. The van der Waals surface area contributed by atoms with Gasteiger partial charge in [0, 0.05) is 12.7 Å². The maximum Gasteiger partial charge on any atom is 0.337 e. The zero-order valence-electron chi connectivity index (χ0n) is 8.92. The van der Waals surface area contributed by atoms with Gasteiger partial charge in [-0.25, -0.2) is 4.79 Å². The lowest BCUT2D eigenvalue weighted by Gasteiger charge is -2.19. The SMILES string of the molecule is O=C(O)c1cncc(NC2=NCC(O)CN2)c1. The van der Waals surface area contributed by atoms with Gasteiger partial charge in [-0.05, 0) is 6.07 Å². The van der Waals surface area contributed by atoms with E-state index < -0.39 is 12.1 Å². The Labute approximate surface area is 97.2 Å². The fraction of sp³-hybridized carbons (Fsp3) is 0.300. The van der Waals surface area contributed by atoms with E-state index in [1.165, 1.54) is 18.5 Å². The van der Waals surface area contributed by atoms with Gasteiger partial charge >= 0.3 is 5.97 Å². The lowest BCUT2D eigenvalue weighted by molar-refractivity contribution is 0.0696. The van der Waals surface area contributed by atoms with Crippen LogP contribution in [0.3, 0.4) is 0 Å². The highest BCUT2D eigenvalue weighted by molar-refractivity contribution is 5.95. The van der Waals surface area contributed by atoms with Crippen LogP contribution in [0.25, 0.3) is 0 Å². The molecular weight excluding hydrogens is 224 g/mol. The Balaban J connectivity index is 2.08. The van der Waals surface area contributed by atoms with Gasteiger partial charge in [0.15, 0.2) is 5.96 Å². The molecule has 0 saturated carbocycles. The second-order valence-corrected chi connectivity index (χ2v) is 3.62. The summed E-state index contributed by atoms with van der Waals surface area (Å²) in [4.78, 5) is 18.6. The predicted molar refractivity (Wildman–Crippen MR) is 61.1 cm³/mol. The van der Waals surface area contributed by atoms with E-state index in [0.29, 0.717) is 24.7 Å². The number of carboxylic acid groups (broad SMARTS) is 1. The van der Waals surface area contributed by atoms with Gasteiger partial charge in [0.2, 0.25) is 0 Å². The molecule has 4 N–H and O–H groups in total. The Morgan fingerprint density at radius 3 is 3.00 bits per heavy atom. The van der Waals surface area contributed by atoms with Crippen molar-refractivity contribution in [2.75, 3.05) is 18.4 Å². The van der Waals surface area contributed by atoms with Crippen molar-refractivity contribution in [2.45, 2.75) is 6.10 Å². The number of β-amino-alcohol motifs (C(OH)–C–C–N with tert-alkyl or cyclic N) is 1. The number of aliphatic hydroxyl groups is 1. The standard InChI is InChI=1S/C10H12N4O3/c15-8-4-12-10(13-5-8)14-7-1-6(9(16)17)2-11-3-7/h1-3,8,15H,4-5H2,(H,16,17)(H2,12,13,14). The number of aliphatic hydroxyl groups excluding tert-OH is 1. The quantitative estimate of drug-likeness (QED) is 0.552. The van der Waals surface area contributed by atoms with E-state index in [1.807, 2.05) is 0 Å². The first-order valence-corrected chi connectivity index (χ1v) is 5.07. The van der Waals surface area contributed by atoms with E-state index in [2.05, 4.69) is 20.6 Å². The maximum absolute atomic E-state index is 10.7. The maximum atomic E-state index is 10.7. The van der Waals surface area contributed by atoms with E-state index in [0.717, 1.165) is 0 Å². The van der Waals surface area contributed by atoms with Crippen LogP contribution in [0.4, 0.5) is 5.69 Å². The van der Waals surface area contributed by atoms with Crippen molar-refractivity contribution in [1.29, 1.82) is 0 Å². The number of hydrogen-bond acceptors (Lipinski definition) is 6. The molecule has 1 atom stereocenters. The van der Waals surface area contributed by atoms with Crippen LogP contribution in [0.1, 0.15) is 10.4 Å². The number of nitrogens with one attached hydrogen (secondary N) is 2. The fourth-order valence-corrected chi connectivity index (χ4v) is 1.38. The molecule has 0 saturated heterocycles. The third-order valence-electron chi connectivity index (χ3n) is 2.21. The van der Waals surface area contributed by atoms with Crippen LogP contribution in [-0.4, -0.2) is 46.3 Å². The number of guanidine groups is 1. The normalized spacial score (nSPS) is 19.1. The highest BCUT2D eigenvalue weighted by Gasteiger charge is 2.12. The van der Waals surface area contributed by atoms with Crippen LogP contribution in [0.5, 0.6) is 0 Å². The summed E-state index contributed by atoms with van der Waals surface area (Å²) in [7, 11) is 0. The third kappa shape index (κ3) is 2.91. The number of rotatable bonds is 2.